The van der Waals surface area contributed by atoms with Gasteiger partial charge in [0.1, 0.15) is 22.6 Å². The Morgan fingerprint density at radius 2 is 1.67 bits per heavy atom. The summed E-state index contributed by atoms with van der Waals surface area (Å²) in [6, 6.07) is 2.50. The summed E-state index contributed by atoms with van der Waals surface area (Å²) < 4.78 is 39.1. The van der Waals surface area contributed by atoms with Crippen LogP contribution in [0.5, 0.6) is 0 Å². The number of benzene rings is 1. The lowest BCUT2D eigenvalue weighted by molar-refractivity contribution is 0.496. The molecular weight excluding hydrogens is 267 g/mol. The van der Waals surface area contributed by atoms with Crippen molar-refractivity contribution in [3.63, 3.8) is 0 Å². The van der Waals surface area contributed by atoms with Crippen molar-refractivity contribution in [3.05, 3.63) is 46.6 Å². The number of aromatic nitrogens is 2. The van der Waals surface area contributed by atoms with Gasteiger partial charge in [0, 0.05) is 18.2 Å². The minimum Gasteiger partial charge on any atom is -0.338 e. The smallest absolute Gasteiger partial charge is 0.161 e. The first-order chi connectivity index (χ1) is 8.45. The maximum Gasteiger partial charge on any atom is 0.161 e. The first kappa shape index (κ1) is 12.6. The van der Waals surface area contributed by atoms with Crippen LogP contribution in [0.2, 0.25) is 5.15 Å². The molecule has 1 N–H and O–H groups in total. The molecule has 0 fully saturated rings. The molecule has 3 nitrogen and oxygen atoms in total. The van der Waals surface area contributed by atoms with Gasteiger partial charge in [-0.2, -0.15) is 0 Å². The molecule has 0 amide bonds. The van der Waals surface area contributed by atoms with Gasteiger partial charge in [-0.25, -0.2) is 23.1 Å². The van der Waals surface area contributed by atoms with Crippen LogP contribution in [0.4, 0.5) is 24.7 Å². The Kier molecular flexibility index (Phi) is 3.38. The molecule has 1 aromatic carbocycles. The Bertz CT molecular complexity index is 584. The van der Waals surface area contributed by atoms with E-state index in [2.05, 4.69) is 15.3 Å². The number of anilines is 2. The lowest BCUT2D eigenvalue weighted by Gasteiger charge is -2.08. The molecule has 0 radical (unpaired) electrons. The van der Waals surface area contributed by atoms with Crippen LogP contribution in [-0.2, 0) is 0 Å². The second kappa shape index (κ2) is 4.81. The highest BCUT2D eigenvalue weighted by molar-refractivity contribution is 6.29. The molecule has 0 bridgehead atoms. The predicted octanol–water partition coefficient (Wildman–Crippen LogP) is 3.60. The van der Waals surface area contributed by atoms with Crippen LogP contribution in [0, 0.1) is 24.4 Å². The lowest BCUT2D eigenvalue weighted by Crippen LogP contribution is -2.00. The monoisotopic (exact) mass is 273 g/mol. The van der Waals surface area contributed by atoms with E-state index in [0.29, 0.717) is 18.0 Å². The molecule has 0 unspecified atom stereocenters. The van der Waals surface area contributed by atoms with Crippen LogP contribution in [-0.4, -0.2) is 9.97 Å². The molecule has 0 aliphatic carbocycles. The van der Waals surface area contributed by atoms with Crippen LogP contribution in [0.3, 0.4) is 0 Å². The molecule has 0 aliphatic rings. The Balaban J connectivity index is 2.36. The quantitative estimate of drug-likeness (QED) is 0.671. The van der Waals surface area contributed by atoms with Gasteiger partial charge in [-0.1, -0.05) is 11.6 Å². The fourth-order valence-corrected chi connectivity index (χ4v) is 1.58. The summed E-state index contributed by atoms with van der Waals surface area (Å²) in [5, 5.41) is 2.66. The fraction of sp³-hybridized carbons (Fsp3) is 0.0909. The number of hydrogen-bond acceptors (Lipinski definition) is 3. The zero-order chi connectivity index (χ0) is 13.3. The third-order valence-electron chi connectivity index (χ3n) is 2.08. The molecule has 94 valence electrons. The standard InChI is InChI=1S/C11H7ClF3N3/c1-5-16-10(12)4-11(17-5)18-9-3-7(14)6(13)2-8(9)15/h2-4H,1H3,(H,16,17,18). The van der Waals surface area contributed by atoms with Crippen LogP contribution in [0.25, 0.3) is 0 Å². The summed E-state index contributed by atoms with van der Waals surface area (Å²) in [4.78, 5) is 7.75. The highest BCUT2D eigenvalue weighted by atomic mass is 35.5. The van der Waals surface area contributed by atoms with Gasteiger partial charge in [0.25, 0.3) is 0 Å². The van der Waals surface area contributed by atoms with Crippen molar-refractivity contribution < 1.29 is 13.2 Å². The highest BCUT2D eigenvalue weighted by Gasteiger charge is 2.11. The van der Waals surface area contributed by atoms with E-state index < -0.39 is 17.5 Å². The zero-order valence-electron chi connectivity index (χ0n) is 9.14. The van der Waals surface area contributed by atoms with E-state index in [1.165, 1.54) is 6.07 Å². The van der Waals surface area contributed by atoms with Crippen molar-refractivity contribution in [1.82, 2.24) is 9.97 Å². The maximum absolute atomic E-state index is 13.4. The van der Waals surface area contributed by atoms with Gasteiger partial charge in [0.2, 0.25) is 0 Å². The average molecular weight is 274 g/mol. The van der Waals surface area contributed by atoms with Crippen molar-refractivity contribution in [2.24, 2.45) is 0 Å². The van der Waals surface area contributed by atoms with Gasteiger partial charge >= 0.3 is 0 Å². The SMILES string of the molecule is Cc1nc(Cl)cc(Nc2cc(F)c(F)cc2F)n1. The van der Waals surface area contributed by atoms with Crippen LogP contribution in [0.15, 0.2) is 18.2 Å². The number of rotatable bonds is 2. The number of hydrogen-bond donors (Lipinski definition) is 1. The summed E-state index contributed by atoms with van der Waals surface area (Å²) in [6.45, 7) is 1.60. The van der Waals surface area contributed by atoms with Gasteiger partial charge < -0.3 is 5.32 Å². The first-order valence-electron chi connectivity index (χ1n) is 4.88. The van der Waals surface area contributed by atoms with Gasteiger partial charge in [-0.3, -0.25) is 0 Å². The summed E-state index contributed by atoms with van der Waals surface area (Å²) >= 11 is 5.69. The van der Waals surface area contributed by atoms with Gasteiger partial charge in [-0.05, 0) is 6.92 Å². The van der Waals surface area contributed by atoms with Crippen molar-refractivity contribution in [2.45, 2.75) is 6.92 Å². The molecule has 0 aliphatic heterocycles. The Morgan fingerprint density at radius 3 is 2.33 bits per heavy atom. The molecular formula is C11H7ClF3N3. The van der Waals surface area contributed by atoms with E-state index in [0.717, 1.165) is 0 Å². The number of halogens is 4. The molecule has 1 heterocycles. The highest BCUT2D eigenvalue weighted by Crippen LogP contribution is 2.22. The van der Waals surface area contributed by atoms with Crippen LogP contribution < -0.4 is 5.32 Å². The molecule has 0 spiro atoms. The largest absolute Gasteiger partial charge is 0.338 e. The Labute approximate surface area is 106 Å². The predicted molar refractivity (Wildman–Crippen MR) is 61.4 cm³/mol. The van der Waals surface area contributed by atoms with Gasteiger partial charge in [-0.15, -0.1) is 0 Å². The third-order valence-corrected chi connectivity index (χ3v) is 2.27. The van der Waals surface area contributed by atoms with E-state index >= 15 is 0 Å². The topological polar surface area (TPSA) is 37.8 Å². The number of nitrogens with zero attached hydrogens (tertiary/aromatic N) is 2. The number of aryl methyl sites for hydroxylation is 1. The Morgan fingerprint density at radius 1 is 1.00 bits per heavy atom. The summed E-state index contributed by atoms with van der Waals surface area (Å²) in [6.07, 6.45) is 0. The number of nitrogens with one attached hydrogen (secondary N) is 1. The van der Waals surface area contributed by atoms with Gasteiger partial charge in [0.05, 0.1) is 5.69 Å². The molecule has 0 saturated heterocycles. The van der Waals surface area contributed by atoms with Crippen LogP contribution in [0.1, 0.15) is 5.82 Å². The van der Waals surface area contributed by atoms with E-state index in [-0.39, 0.29) is 16.7 Å². The molecule has 0 saturated carbocycles. The minimum atomic E-state index is -1.25. The van der Waals surface area contributed by atoms with Gasteiger partial charge in [0.15, 0.2) is 11.6 Å². The second-order valence-corrected chi connectivity index (χ2v) is 3.88. The summed E-state index contributed by atoms with van der Waals surface area (Å²) in [7, 11) is 0. The van der Waals surface area contributed by atoms with E-state index in [1.807, 2.05) is 0 Å². The molecule has 2 rings (SSSR count). The lowest BCUT2D eigenvalue weighted by atomic mass is 10.3. The second-order valence-electron chi connectivity index (χ2n) is 3.49. The van der Waals surface area contributed by atoms with E-state index in [4.69, 9.17) is 11.6 Å². The summed E-state index contributed by atoms with van der Waals surface area (Å²) in [5.41, 5.74) is -0.233. The van der Waals surface area contributed by atoms with Crippen LogP contribution >= 0.6 is 11.6 Å². The van der Waals surface area contributed by atoms with Crippen molar-refractivity contribution in [1.29, 1.82) is 0 Å². The van der Waals surface area contributed by atoms with Crippen molar-refractivity contribution in [2.75, 3.05) is 5.32 Å². The summed E-state index contributed by atoms with van der Waals surface area (Å²) in [5.74, 6) is -2.78. The molecule has 7 heteroatoms. The van der Waals surface area contributed by atoms with E-state index in [1.54, 1.807) is 6.92 Å². The normalized spacial score (nSPS) is 10.5. The molecule has 1 aromatic heterocycles. The zero-order valence-corrected chi connectivity index (χ0v) is 9.89. The first-order valence-corrected chi connectivity index (χ1v) is 5.26. The Hall–Kier alpha value is -1.82. The maximum atomic E-state index is 13.4. The molecule has 0 atom stereocenters. The van der Waals surface area contributed by atoms with Crippen molar-refractivity contribution in [3.8, 4) is 0 Å². The van der Waals surface area contributed by atoms with Crippen molar-refractivity contribution >= 4 is 23.1 Å². The fourth-order valence-electron chi connectivity index (χ4n) is 1.35. The van der Waals surface area contributed by atoms with E-state index in [9.17, 15) is 13.2 Å². The average Bonchev–Trinajstić information content (AvgIpc) is 2.24. The molecule has 18 heavy (non-hydrogen) atoms. The molecule has 2 aromatic rings. The third kappa shape index (κ3) is 2.70. The minimum absolute atomic E-state index is 0.160.